The molecule has 6 nitrogen and oxygen atoms in total. The third kappa shape index (κ3) is 3.12. The topological polar surface area (TPSA) is 88.9 Å². The smallest absolute Gasteiger partial charge is 0.339 e. The lowest BCUT2D eigenvalue weighted by Gasteiger charge is -2.07. The zero-order chi connectivity index (χ0) is 16.3. The summed E-state index contributed by atoms with van der Waals surface area (Å²) in [6.07, 6.45) is 1.61. The minimum atomic E-state index is -0.432. The fourth-order valence-electron chi connectivity index (χ4n) is 2.49. The van der Waals surface area contributed by atoms with Gasteiger partial charge in [-0.3, -0.25) is 4.79 Å². The molecule has 0 aliphatic rings. The van der Waals surface area contributed by atoms with Crippen molar-refractivity contribution in [1.29, 1.82) is 0 Å². The van der Waals surface area contributed by atoms with Gasteiger partial charge in [0, 0.05) is 5.69 Å². The lowest BCUT2D eigenvalue weighted by Crippen LogP contribution is -2.86. The van der Waals surface area contributed by atoms with Crippen molar-refractivity contribution in [2.24, 2.45) is 0 Å². The molecule has 2 aromatic heterocycles. The molecule has 0 aliphatic carbocycles. The summed E-state index contributed by atoms with van der Waals surface area (Å²) >= 11 is 0. The fraction of sp³-hybridized carbons (Fsp3) is 0.375. The molecule has 6 heteroatoms. The average Bonchev–Trinajstić information content (AvgIpc) is 3.12. The van der Waals surface area contributed by atoms with Crippen LogP contribution in [0.1, 0.15) is 50.8 Å². The molecular formula is C16H21N2O4+. The summed E-state index contributed by atoms with van der Waals surface area (Å²) < 4.78 is 10.1. The van der Waals surface area contributed by atoms with Crippen LogP contribution in [0.2, 0.25) is 0 Å². The molecule has 3 N–H and O–H groups in total. The van der Waals surface area contributed by atoms with E-state index in [0.29, 0.717) is 22.5 Å². The Morgan fingerprint density at radius 3 is 2.73 bits per heavy atom. The van der Waals surface area contributed by atoms with Crippen molar-refractivity contribution in [1.82, 2.24) is 4.98 Å². The number of furan rings is 1. The van der Waals surface area contributed by atoms with Crippen LogP contribution in [0.15, 0.2) is 22.8 Å². The first kappa shape index (κ1) is 16.0. The standard InChI is InChI=1S/C16H20N2O4/c1-9-14(16(20)21-4)11(3)18-15(9)12(19)8-17-10(2)13-6-5-7-22-13/h5-7,10,17-18H,8H2,1-4H3/p+1/t10-/m1/s1. The number of quaternary nitrogens is 1. The van der Waals surface area contributed by atoms with Gasteiger partial charge in [0.25, 0.3) is 0 Å². The van der Waals surface area contributed by atoms with Crippen molar-refractivity contribution < 1.29 is 24.1 Å². The third-order valence-corrected chi connectivity index (χ3v) is 3.75. The van der Waals surface area contributed by atoms with Crippen molar-refractivity contribution in [2.45, 2.75) is 26.8 Å². The van der Waals surface area contributed by atoms with Crippen molar-refractivity contribution in [2.75, 3.05) is 13.7 Å². The van der Waals surface area contributed by atoms with E-state index in [-0.39, 0.29) is 18.4 Å². The third-order valence-electron chi connectivity index (χ3n) is 3.75. The zero-order valence-electron chi connectivity index (χ0n) is 13.2. The molecule has 0 aromatic carbocycles. The molecule has 0 fully saturated rings. The Morgan fingerprint density at radius 1 is 1.41 bits per heavy atom. The van der Waals surface area contributed by atoms with E-state index in [1.165, 1.54) is 7.11 Å². The number of nitrogens with one attached hydrogen (secondary N) is 1. The van der Waals surface area contributed by atoms with Gasteiger partial charge in [-0.1, -0.05) is 0 Å². The number of carbonyl (C=O) groups is 2. The monoisotopic (exact) mass is 305 g/mol. The van der Waals surface area contributed by atoms with Crippen molar-refractivity contribution in [3.63, 3.8) is 0 Å². The summed E-state index contributed by atoms with van der Waals surface area (Å²) in [5.41, 5.74) is 2.17. The first-order valence-corrected chi connectivity index (χ1v) is 7.13. The highest BCUT2D eigenvalue weighted by Gasteiger charge is 2.24. The Bertz CT molecular complexity index is 671. The number of aromatic amines is 1. The van der Waals surface area contributed by atoms with Crippen LogP contribution in [0.3, 0.4) is 0 Å². The second-order valence-corrected chi connectivity index (χ2v) is 5.28. The Balaban J connectivity index is 2.09. The Kier molecular flexibility index (Phi) is 4.82. The lowest BCUT2D eigenvalue weighted by molar-refractivity contribution is -0.683. The Labute approximate surface area is 128 Å². The minimum absolute atomic E-state index is 0.0513. The zero-order valence-corrected chi connectivity index (χ0v) is 13.2. The van der Waals surface area contributed by atoms with Gasteiger partial charge >= 0.3 is 5.97 Å². The van der Waals surface area contributed by atoms with Crippen LogP contribution in [0.4, 0.5) is 0 Å². The highest BCUT2D eigenvalue weighted by molar-refractivity contribution is 6.01. The summed E-state index contributed by atoms with van der Waals surface area (Å²) in [5.74, 6) is 0.329. The Morgan fingerprint density at radius 2 is 2.14 bits per heavy atom. The molecule has 2 rings (SSSR count). The molecule has 2 aromatic rings. The van der Waals surface area contributed by atoms with Gasteiger partial charge < -0.3 is 19.5 Å². The van der Waals surface area contributed by atoms with E-state index in [1.807, 2.05) is 24.4 Å². The van der Waals surface area contributed by atoms with Crippen LogP contribution in [-0.4, -0.2) is 30.4 Å². The number of esters is 1. The number of methoxy groups -OCH3 is 1. The van der Waals surface area contributed by atoms with Crippen LogP contribution in [0.5, 0.6) is 0 Å². The minimum Gasteiger partial charge on any atom is -0.465 e. The molecular weight excluding hydrogens is 284 g/mol. The van der Waals surface area contributed by atoms with Gasteiger partial charge in [-0.2, -0.15) is 0 Å². The number of hydrogen-bond donors (Lipinski definition) is 2. The van der Waals surface area contributed by atoms with Gasteiger partial charge in [-0.05, 0) is 38.5 Å². The normalized spacial score (nSPS) is 12.2. The molecule has 1 atom stereocenters. The molecule has 0 spiro atoms. The molecule has 22 heavy (non-hydrogen) atoms. The number of nitrogens with two attached hydrogens (primary N) is 1. The number of H-pyrrole nitrogens is 1. The SMILES string of the molecule is COC(=O)c1c(C)[nH]c(C(=O)C[NH2+][C@H](C)c2ccco2)c1C. The van der Waals surface area contributed by atoms with E-state index in [0.717, 1.165) is 5.76 Å². The number of hydrogen-bond acceptors (Lipinski definition) is 4. The molecule has 0 unspecified atom stereocenters. The average molecular weight is 305 g/mol. The van der Waals surface area contributed by atoms with Crippen molar-refractivity contribution in [3.8, 4) is 0 Å². The van der Waals surface area contributed by atoms with Crippen LogP contribution < -0.4 is 5.32 Å². The highest BCUT2D eigenvalue weighted by atomic mass is 16.5. The first-order valence-electron chi connectivity index (χ1n) is 7.13. The number of ketones is 1. The van der Waals surface area contributed by atoms with Gasteiger partial charge in [0.2, 0.25) is 5.78 Å². The fourth-order valence-corrected chi connectivity index (χ4v) is 2.49. The number of Topliss-reactive ketones (excluding diaryl/α,β-unsaturated/α-hetero) is 1. The van der Waals surface area contributed by atoms with Gasteiger partial charge in [-0.15, -0.1) is 0 Å². The Hall–Kier alpha value is -2.34. The second-order valence-electron chi connectivity index (χ2n) is 5.28. The maximum Gasteiger partial charge on any atom is 0.339 e. The molecule has 0 aliphatic heterocycles. The van der Waals surface area contributed by atoms with Gasteiger partial charge in [0.15, 0.2) is 5.76 Å². The number of aromatic nitrogens is 1. The summed E-state index contributed by atoms with van der Waals surface area (Å²) in [4.78, 5) is 27.1. The highest BCUT2D eigenvalue weighted by Crippen LogP contribution is 2.19. The number of ether oxygens (including phenoxy) is 1. The number of carbonyl (C=O) groups excluding carboxylic acids is 2. The van der Waals surface area contributed by atoms with Crippen molar-refractivity contribution in [3.05, 3.63) is 46.7 Å². The molecule has 0 saturated carbocycles. The summed E-state index contributed by atoms with van der Waals surface area (Å²) in [7, 11) is 1.33. The summed E-state index contributed by atoms with van der Waals surface area (Å²) in [6, 6.07) is 3.75. The molecule has 0 amide bonds. The molecule has 2 heterocycles. The number of rotatable bonds is 6. The van der Waals surface area contributed by atoms with Gasteiger partial charge in [0.1, 0.15) is 12.6 Å². The first-order chi connectivity index (χ1) is 10.5. The van der Waals surface area contributed by atoms with Gasteiger partial charge in [-0.25, -0.2) is 4.79 Å². The number of aryl methyl sites for hydroxylation is 1. The summed E-state index contributed by atoms with van der Waals surface area (Å²) in [5, 5.41) is 1.90. The van der Waals surface area contributed by atoms with Crippen LogP contribution in [0, 0.1) is 13.8 Å². The van der Waals surface area contributed by atoms with E-state index in [9.17, 15) is 9.59 Å². The maximum absolute atomic E-state index is 12.4. The largest absolute Gasteiger partial charge is 0.465 e. The molecule has 0 saturated heterocycles. The molecule has 118 valence electrons. The van der Waals surface area contributed by atoms with E-state index in [1.54, 1.807) is 20.1 Å². The maximum atomic E-state index is 12.4. The molecule has 0 radical (unpaired) electrons. The predicted molar refractivity (Wildman–Crippen MR) is 79.9 cm³/mol. The molecule has 0 bridgehead atoms. The van der Waals surface area contributed by atoms with E-state index in [4.69, 9.17) is 9.15 Å². The second kappa shape index (κ2) is 6.62. The van der Waals surface area contributed by atoms with E-state index in [2.05, 4.69) is 4.98 Å². The van der Waals surface area contributed by atoms with E-state index < -0.39 is 5.97 Å². The predicted octanol–water partition coefficient (Wildman–Crippen LogP) is 1.52. The van der Waals surface area contributed by atoms with Crippen LogP contribution in [-0.2, 0) is 4.74 Å². The van der Waals surface area contributed by atoms with Crippen LogP contribution >= 0.6 is 0 Å². The lowest BCUT2D eigenvalue weighted by atomic mass is 10.1. The quantitative estimate of drug-likeness (QED) is 0.625. The van der Waals surface area contributed by atoms with E-state index >= 15 is 0 Å². The van der Waals surface area contributed by atoms with Gasteiger partial charge in [0.05, 0.1) is 24.6 Å². The van der Waals surface area contributed by atoms with Crippen molar-refractivity contribution >= 4 is 11.8 Å². The van der Waals surface area contributed by atoms with Crippen LogP contribution in [0.25, 0.3) is 0 Å². The summed E-state index contributed by atoms with van der Waals surface area (Å²) in [6.45, 7) is 5.74.